The highest BCUT2D eigenvalue weighted by Gasteiger charge is 2.64. The van der Waals surface area contributed by atoms with E-state index in [9.17, 15) is 14.4 Å². The minimum absolute atomic E-state index is 0.0279. The molecule has 1 saturated heterocycles. The van der Waals surface area contributed by atoms with Crippen molar-refractivity contribution in [1.82, 2.24) is 0 Å². The average molecular weight is 359 g/mol. The van der Waals surface area contributed by atoms with Crippen LogP contribution in [0.4, 0.5) is 5.69 Å². The molecule has 0 unspecified atom stereocenters. The first kappa shape index (κ1) is 16.9. The Morgan fingerprint density at radius 2 is 2.08 bits per heavy atom. The van der Waals surface area contributed by atoms with Crippen molar-refractivity contribution in [3.8, 4) is 5.75 Å². The molecule has 3 fully saturated rings. The predicted molar refractivity (Wildman–Crippen MR) is 90.3 cm³/mol. The van der Waals surface area contributed by atoms with E-state index in [4.69, 9.17) is 14.2 Å². The van der Waals surface area contributed by atoms with Crippen molar-refractivity contribution in [2.24, 2.45) is 23.7 Å². The van der Waals surface area contributed by atoms with Crippen LogP contribution in [0.25, 0.3) is 0 Å². The van der Waals surface area contributed by atoms with Crippen molar-refractivity contribution in [2.75, 3.05) is 18.5 Å². The fraction of sp³-hybridized carbons (Fsp3) is 0.526. The molecule has 3 aliphatic rings. The van der Waals surface area contributed by atoms with Crippen molar-refractivity contribution in [3.05, 3.63) is 24.3 Å². The molecular weight excluding hydrogens is 338 g/mol. The van der Waals surface area contributed by atoms with E-state index in [2.05, 4.69) is 5.32 Å². The van der Waals surface area contributed by atoms with Gasteiger partial charge < -0.3 is 19.5 Å². The van der Waals surface area contributed by atoms with E-state index in [-0.39, 0.29) is 23.9 Å². The van der Waals surface area contributed by atoms with E-state index in [0.717, 1.165) is 12.8 Å². The van der Waals surface area contributed by atoms with Crippen molar-refractivity contribution in [1.29, 1.82) is 0 Å². The average Bonchev–Trinajstić information content (AvgIpc) is 3.24. The molecule has 1 aromatic carbocycles. The van der Waals surface area contributed by atoms with Crippen LogP contribution in [-0.4, -0.2) is 37.2 Å². The lowest BCUT2D eigenvalue weighted by molar-refractivity contribution is -0.157. The number of esters is 2. The Labute approximate surface area is 151 Å². The monoisotopic (exact) mass is 359 g/mol. The number of anilines is 1. The highest BCUT2D eigenvalue weighted by atomic mass is 16.6. The normalized spacial score (nSPS) is 30.8. The zero-order chi connectivity index (χ0) is 18.3. The van der Waals surface area contributed by atoms with Gasteiger partial charge in [-0.2, -0.15) is 0 Å². The van der Waals surface area contributed by atoms with E-state index < -0.39 is 30.3 Å². The number of ether oxygens (including phenoxy) is 3. The van der Waals surface area contributed by atoms with Gasteiger partial charge >= 0.3 is 11.9 Å². The van der Waals surface area contributed by atoms with Gasteiger partial charge in [0, 0.05) is 5.92 Å². The van der Waals surface area contributed by atoms with Crippen LogP contribution in [0.2, 0.25) is 0 Å². The zero-order valence-corrected chi connectivity index (χ0v) is 14.5. The molecule has 2 aliphatic carbocycles. The summed E-state index contributed by atoms with van der Waals surface area (Å²) in [6.45, 7) is 1.94. The third-order valence-corrected chi connectivity index (χ3v) is 5.56. The van der Waals surface area contributed by atoms with Gasteiger partial charge in [-0.25, -0.2) is 0 Å². The highest BCUT2D eigenvalue weighted by Crippen LogP contribution is 2.57. The molecule has 138 valence electrons. The van der Waals surface area contributed by atoms with E-state index in [1.54, 1.807) is 18.2 Å². The SMILES string of the molecule is CCOc1ccccc1NC(=O)COC(=O)[C@@H]1[C@@H]2C[C@@H]3[C@H]1C(=O)O[C@H]3C2. The van der Waals surface area contributed by atoms with E-state index >= 15 is 0 Å². The lowest BCUT2D eigenvalue weighted by Gasteiger charge is -2.22. The molecule has 2 bridgehead atoms. The lowest BCUT2D eigenvalue weighted by atomic mass is 9.80. The number of benzene rings is 1. The number of carbonyl (C=O) groups excluding carboxylic acids is 3. The number of nitrogens with one attached hydrogen (secondary N) is 1. The minimum Gasteiger partial charge on any atom is -0.492 e. The molecule has 0 spiro atoms. The molecule has 1 aromatic rings. The molecule has 0 aromatic heterocycles. The molecule has 1 heterocycles. The van der Waals surface area contributed by atoms with Crippen LogP contribution in [0, 0.1) is 23.7 Å². The molecule has 1 N–H and O–H groups in total. The first-order valence-electron chi connectivity index (χ1n) is 8.97. The van der Waals surface area contributed by atoms with Gasteiger partial charge in [-0.05, 0) is 37.8 Å². The Bertz CT molecular complexity index is 745. The zero-order valence-electron chi connectivity index (χ0n) is 14.5. The molecule has 7 nitrogen and oxygen atoms in total. The summed E-state index contributed by atoms with van der Waals surface area (Å²) in [5.41, 5.74) is 0.525. The Morgan fingerprint density at radius 1 is 1.27 bits per heavy atom. The minimum atomic E-state index is -0.479. The Hall–Kier alpha value is -2.57. The van der Waals surface area contributed by atoms with E-state index in [1.807, 2.05) is 13.0 Å². The maximum absolute atomic E-state index is 12.5. The second kappa shape index (κ2) is 6.63. The van der Waals surface area contributed by atoms with Crippen molar-refractivity contribution in [3.63, 3.8) is 0 Å². The Kier molecular flexibility index (Phi) is 4.30. The topological polar surface area (TPSA) is 90.9 Å². The summed E-state index contributed by atoms with van der Waals surface area (Å²) in [6, 6.07) is 7.06. The molecule has 1 amide bonds. The van der Waals surface area contributed by atoms with E-state index in [1.165, 1.54) is 0 Å². The number of hydrogen-bond donors (Lipinski definition) is 1. The van der Waals surface area contributed by atoms with Crippen LogP contribution in [-0.2, 0) is 23.9 Å². The quantitative estimate of drug-likeness (QED) is 0.779. The molecule has 4 rings (SSSR count). The number of carbonyl (C=O) groups is 3. The maximum Gasteiger partial charge on any atom is 0.310 e. The highest BCUT2D eigenvalue weighted by molar-refractivity contribution is 5.94. The second-order valence-corrected chi connectivity index (χ2v) is 7.01. The summed E-state index contributed by atoms with van der Waals surface area (Å²) in [4.78, 5) is 36.6. The third kappa shape index (κ3) is 2.81. The maximum atomic E-state index is 12.5. The van der Waals surface area contributed by atoms with Gasteiger partial charge in [-0.15, -0.1) is 0 Å². The van der Waals surface area contributed by atoms with Gasteiger partial charge in [0.1, 0.15) is 11.9 Å². The van der Waals surface area contributed by atoms with Crippen molar-refractivity contribution < 1.29 is 28.6 Å². The number of para-hydroxylation sites is 2. The first-order chi connectivity index (χ1) is 12.6. The van der Waals surface area contributed by atoms with E-state index in [0.29, 0.717) is 18.0 Å². The first-order valence-corrected chi connectivity index (χ1v) is 8.97. The Morgan fingerprint density at radius 3 is 2.88 bits per heavy atom. The van der Waals surface area contributed by atoms with Gasteiger partial charge in [0.2, 0.25) is 0 Å². The third-order valence-electron chi connectivity index (χ3n) is 5.56. The fourth-order valence-corrected chi connectivity index (χ4v) is 4.60. The molecular formula is C19H21NO6. The summed E-state index contributed by atoms with van der Waals surface area (Å²) in [7, 11) is 0. The standard InChI is InChI=1S/C19H21NO6/c1-2-24-13-6-4-3-5-12(13)20-15(21)9-25-18(22)16-10-7-11-14(8-10)26-19(23)17(11)16/h3-6,10-11,14,16-17H,2,7-9H2,1H3,(H,20,21)/t10-,11+,14+,16-,17-/m1/s1. The van der Waals surface area contributed by atoms with Crippen molar-refractivity contribution in [2.45, 2.75) is 25.9 Å². The van der Waals surface area contributed by atoms with Gasteiger partial charge in [-0.1, -0.05) is 12.1 Å². The molecule has 7 heteroatoms. The molecule has 5 atom stereocenters. The largest absolute Gasteiger partial charge is 0.492 e. The van der Waals surface area contributed by atoms with Crippen LogP contribution >= 0.6 is 0 Å². The summed E-state index contributed by atoms with van der Waals surface area (Å²) in [6.07, 6.45) is 1.52. The van der Waals surface area contributed by atoms with Gasteiger partial charge in [0.15, 0.2) is 6.61 Å². The second-order valence-electron chi connectivity index (χ2n) is 7.01. The number of rotatable bonds is 6. The van der Waals surface area contributed by atoms with Crippen LogP contribution in [0.15, 0.2) is 24.3 Å². The smallest absolute Gasteiger partial charge is 0.310 e. The summed E-state index contributed by atoms with van der Waals surface area (Å²) in [5, 5.41) is 2.68. The van der Waals surface area contributed by atoms with Gasteiger partial charge in [-0.3, -0.25) is 14.4 Å². The van der Waals surface area contributed by atoms with Crippen LogP contribution in [0.3, 0.4) is 0 Å². The van der Waals surface area contributed by atoms with Crippen LogP contribution in [0.5, 0.6) is 5.75 Å². The van der Waals surface area contributed by atoms with Gasteiger partial charge in [0.05, 0.1) is 24.1 Å². The summed E-state index contributed by atoms with van der Waals surface area (Å²) in [5.74, 6) is -1.27. The number of hydrogen-bond acceptors (Lipinski definition) is 6. The number of fused-ring (bicyclic) bond motifs is 1. The molecule has 1 aliphatic heterocycles. The van der Waals surface area contributed by atoms with Crippen molar-refractivity contribution >= 4 is 23.5 Å². The molecule has 0 radical (unpaired) electrons. The molecule has 26 heavy (non-hydrogen) atoms. The Balaban J connectivity index is 1.34. The predicted octanol–water partition coefficient (Wildman–Crippen LogP) is 1.76. The van der Waals surface area contributed by atoms with Gasteiger partial charge in [0.25, 0.3) is 5.91 Å². The molecule has 2 saturated carbocycles. The van der Waals surface area contributed by atoms with Crippen LogP contribution < -0.4 is 10.1 Å². The summed E-state index contributed by atoms with van der Waals surface area (Å²) < 4.78 is 16.0. The van der Waals surface area contributed by atoms with Crippen LogP contribution in [0.1, 0.15) is 19.8 Å². The summed E-state index contributed by atoms with van der Waals surface area (Å²) >= 11 is 0. The fourth-order valence-electron chi connectivity index (χ4n) is 4.60. The lowest BCUT2D eigenvalue weighted by Crippen LogP contribution is -2.35. The number of amides is 1.